The second-order valence-corrected chi connectivity index (χ2v) is 6.53. The summed E-state index contributed by atoms with van der Waals surface area (Å²) in [6.07, 6.45) is 1.73. The van der Waals surface area contributed by atoms with Gasteiger partial charge in [0, 0.05) is 6.54 Å². The Morgan fingerprint density at radius 3 is 2.85 bits per heavy atom. The number of benzene rings is 1. The van der Waals surface area contributed by atoms with Crippen LogP contribution in [-0.4, -0.2) is 28.6 Å². The van der Waals surface area contributed by atoms with Crippen molar-refractivity contribution in [2.45, 2.75) is 38.3 Å². The summed E-state index contributed by atoms with van der Waals surface area (Å²) in [5.74, 6) is -1.53. The molecule has 0 bridgehead atoms. The topological polar surface area (TPSA) is 114 Å². The Bertz CT molecular complexity index is 934. The number of ether oxygens (including phenoxy) is 1. The number of aromatic nitrogens is 1. The second kappa shape index (κ2) is 7.04. The lowest BCUT2D eigenvalue weighted by molar-refractivity contribution is -0.149. The summed E-state index contributed by atoms with van der Waals surface area (Å²) in [7, 11) is 0. The van der Waals surface area contributed by atoms with Gasteiger partial charge in [0.1, 0.15) is 5.54 Å². The number of amides is 1. The standard InChI is InChI=1S/C18H19N3O5/c1-18(11-19,12-6-7-12)20-15(22)10-25-16(23)8-9-21-13-4-2-3-5-14(13)26-17(21)24/h2-5,12H,6-10H2,1H3,(H,20,22)/t18-/m1/s1. The molecule has 8 heteroatoms. The normalized spacial score (nSPS) is 15.8. The van der Waals surface area contributed by atoms with Gasteiger partial charge in [-0.05, 0) is 37.8 Å². The summed E-state index contributed by atoms with van der Waals surface area (Å²) >= 11 is 0. The number of hydrogen-bond donors (Lipinski definition) is 1. The van der Waals surface area contributed by atoms with Crippen LogP contribution in [-0.2, 0) is 20.9 Å². The highest BCUT2D eigenvalue weighted by atomic mass is 16.5. The molecule has 1 heterocycles. The van der Waals surface area contributed by atoms with Crippen LogP contribution in [0.15, 0.2) is 33.5 Å². The predicted molar refractivity (Wildman–Crippen MR) is 90.9 cm³/mol. The lowest BCUT2D eigenvalue weighted by Crippen LogP contribution is -2.48. The van der Waals surface area contributed by atoms with Crippen LogP contribution < -0.4 is 11.1 Å². The van der Waals surface area contributed by atoms with Crippen LogP contribution >= 0.6 is 0 Å². The van der Waals surface area contributed by atoms with Crippen LogP contribution in [0.4, 0.5) is 0 Å². The summed E-state index contributed by atoms with van der Waals surface area (Å²) in [6, 6.07) is 9.01. The molecule has 1 aromatic heterocycles. The van der Waals surface area contributed by atoms with Gasteiger partial charge in [-0.1, -0.05) is 12.1 Å². The fourth-order valence-corrected chi connectivity index (χ4v) is 2.85. The monoisotopic (exact) mass is 357 g/mol. The van der Waals surface area contributed by atoms with E-state index in [0.717, 1.165) is 12.8 Å². The van der Waals surface area contributed by atoms with Crippen molar-refractivity contribution in [2.75, 3.05) is 6.61 Å². The van der Waals surface area contributed by atoms with E-state index in [2.05, 4.69) is 11.4 Å². The highest BCUT2D eigenvalue weighted by Gasteiger charge is 2.43. The molecule has 1 amide bonds. The molecule has 1 N–H and O–H groups in total. The molecule has 0 aliphatic heterocycles. The van der Waals surface area contributed by atoms with Gasteiger partial charge in [0.15, 0.2) is 12.2 Å². The van der Waals surface area contributed by atoms with Crippen LogP contribution in [0.5, 0.6) is 0 Å². The van der Waals surface area contributed by atoms with Crippen molar-refractivity contribution in [2.24, 2.45) is 5.92 Å². The third-order valence-electron chi connectivity index (χ3n) is 4.50. The molecule has 1 aliphatic rings. The molecular formula is C18H19N3O5. The van der Waals surface area contributed by atoms with Crippen molar-refractivity contribution in [3.63, 3.8) is 0 Å². The van der Waals surface area contributed by atoms with Gasteiger partial charge in [0.05, 0.1) is 18.0 Å². The molecule has 8 nitrogen and oxygen atoms in total. The number of esters is 1. The van der Waals surface area contributed by atoms with Crippen molar-refractivity contribution in [3.05, 3.63) is 34.8 Å². The molecule has 3 rings (SSSR count). The number of hydrogen-bond acceptors (Lipinski definition) is 6. The molecule has 2 aromatic rings. The number of nitriles is 1. The van der Waals surface area contributed by atoms with E-state index in [4.69, 9.17) is 9.15 Å². The van der Waals surface area contributed by atoms with Gasteiger partial charge in [0.25, 0.3) is 5.91 Å². The molecule has 0 saturated heterocycles. The Morgan fingerprint density at radius 1 is 1.42 bits per heavy atom. The molecule has 1 aliphatic carbocycles. The van der Waals surface area contributed by atoms with E-state index in [0.29, 0.717) is 11.1 Å². The molecule has 136 valence electrons. The highest BCUT2D eigenvalue weighted by Crippen LogP contribution is 2.39. The lowest BCUT2D eigenvalue weighted by atomic mass is 9.98. The number of carbonyl (C=O) groups is 2. The molecule has 0 spiro atoms. The number of para-hydroxylation sites is 2. The average molecular weight is 357 g/mol. The van der Waals surface area contributed by atoms with Crippen molar-refractivity contribution < 1.29 is 18.7 Å². The first-order valence-corrected chi connectivity index (χ1v) is 8.39. The Labute approximate surface area is 149 Å². The van der Waals surface area contributed by atoms with Crippen molar-refractivity contribution in [3.8, 4) is 6.07 Å². The summed E-state index contributed by atoms with van der Waals surface area (Å²) in [5.41, 5.74) is 0.116. The highest BCUT2D eigenvalue weighted by molar-refractivity contribution is 5.81. The number of fused-ring (bicyclic) bond motifs is 1. The van der Waals surface area contributed by atoms with Crippen LogP contribution in [0, 0.1) is 17.2 Å². The first-order valence-electron chi connectivity index (χ1n) is 8.39. The molecule has 1 aromatic carbocycles. The zero-order valence-electron chi connectivity index (χ0n) is 14.4. The Hall–Kier alpha value is -3.08. The van der Waals surface area contributed by atoms with E-state index in [1.54, 1.807) is 31.2 Å². The Kier molecular flexibility index (Phi) is 4.80. The van der Waals surface area contributed by atoms with Gasteiger partial charge >= 0.3 is 11.7 Å². The van der Waals surface area contributed by atoms with Gasteiger partial charge in [-0.2, -0.15) is 5.26 Å². The number of nitrogens with one attached hydrogen (secondary N) is 1. The number of oxazole rings is 1. The van der Waals surface area contributed by atoms with Gasteiger partial charge in [-0.25, -0.2) is 4.79 Å². The van der Waals surface area contributed by atoms with Crippen molar-refractivity contribution >= 4 is 23.0 Å². The quantitative estimate of drug-likeness (QED) is 0.748. The second-order valence-electron chi connectivity index (χ2n) is 6.53. The lowest BCUT2D eigenvalue weighted by Gasteiger charge is -2.22. The van der Waals surface area contributed by atoms with E-state index in [9.17, 15) is 19.6 Å². The fourth-order valence-electron chi connectivity index (χ4n) is 2.85. The maximum Gasteiger partial charge on any atom is 0.419 e. The molecule has 1 saturated carbocycles. The Balaban J connectivity index is 1.50. The zero-order chi connectivity index (χ0) is 18.7. The summed E-state index contributed by atoms with van der Waals surface area (Å²) in [6.45, 7) is 1.30. The number of rotatable bonds is 7. The molecule has 1 fully saturated rings. The molecule has 0 unspecified atom stereocenters. The van der Waals surface area contributed by atoms with Gasteiger partial charge in [0.2, 0.25) is 0 Å². The van der Waals surface area contributed by atoms with Crippen LogP contribution in [0.2, 0.25) is 0 Å². The molecular weight excluding hydrogens is 338 g/mol. The number of aryl methyl sites for hydroxylation is 1. The van der Waals surface area contributed by atoms with E-state index >= 15 is 0 Å². The van der Waals surface area contributed by atoms with Crippen molar-refractivity contribution in [1.29, 1.82) is 5.26 Å². The third-order valence-corrected chi connectivity index (χ3v) is 4.50. The third kappa shape index (κ3) is 3.77. The summed E-state index contributed by atoms with van der Waals surface area (Å²) < 4.78 is 11.4. The maximum atomic E-state index is 11.9. The summed E-state index contributed by atoms with van der Waals surface area (Å²) in [5, 5.41) is 11.8. The zero-order valence-corrected chi connectivity index (χ0v) is 14.4. The molecule has 1 atom stereocenters. The SMILES string of the molecule is C[C@](C#N)(NC(=O)COC(=O)CCn1c(=O)oc2ccccc21)C1CC1. The van der Waals surface area contributed by atoms with Crippen molar-refractivity contribution in [1.82, 2.24) is 9.88 Å². The van der Waals surface area contributed by atoms with E-state index in [1.165, 1.54) is 4.57 Å². The fraction of sp³-hybridized carbons (Fsp3) is 0.444. The smallest absolute Gasteiger partial charge is 0.419 e. The van der Waals surface area contributed by atoms with Gasteiger partial charge < -0.3 is 14.5 Å². The molecule has 0 radical (unpaired) electrons. The minimum absolute atomic E-state index is 0.0745. The van der Waals surface area contributed by atoms with Crippen LogP contribution in [0.25, 0.3) is 11.1 Å². The predicted octanol–water partition coefficient (Wildman–Crippen LogP) is 1.34. The average Bonchev–Trinajstić information content (AvgIpc) is 3.42. The largest absolute Gasteiger partial charge is 0.456 e. The van der Waals surface area contributed by atoms with E-state index in [1.807, 2.05) is 0 Å². The van der Waals surface area contributed by atoms with Crippen LogP contribution in [0.1, 0.15) is 26.2 Å². The minimum atomic E-state index is -0.924. The van der Waals surface area contributed by atoms with E-state index < -0.39 is 29.8 Å². The van der Waals surface area contributed by atoms with Gasteiger partial charge in [-0.15, -0.1) is 0 Å². The summed E-state index contributed by atoms with van der Waals surface area (Å²) in [4.78, 5) is 35.6. The van der Waals surface area contributed by atoms with Crippen LogP contribution in [0.3, 0.4) is 0 Å². The van der Waals surface area contributed by atoms with E-state index in [-0.39, 0.29) is 18.9 Å². The first kappa shape index (κ1) is 17.7. The number of carbonyl (C=O) groups excluding carboxylic acids is 2. The number of nitrogens with zero attached hydrogens (tertiary/aromatic N) is 2. The minimum Gasteiger partial charge on any atom is -0.456 e. The Morgan fingerprint density at radius 2 is 2.15 bits per heavy atom. The molecule has 26 heavy (non-hydrogen) atoms. The maximum absolute atomic E-state index is 11.9. The van der Waals surface area contributed by atoms with Gasteiger partial charge in [-0.3, -0.25) is 14.2 Å². The first-order chi connectivity index (χ1) is 12.4.